The molecule has 0 aliphatic carbocycles. The van der Waals surface area contributed by atoms with Crippen LogP contribution in [0.3, 0.4) is 0 Å². The molecule has 10 heteroatoms. The summed E-state index contributed by atoms with van der Waals surface area (Å²) in [6.07, 6.45) is 2.96. The van der Waals surface area contributed by atoms with Crippen LogP contribution < -0.4 is 9.46 Å². The van der Waals surface area contributed by atoms with Crippen LogP contribution in [-0.4, -0.2) is 34.1 Å². The van der Waals surface area contributed by atoms with Gasteiger partial charge in [0.05, 0.1) is 11.4 Å². The third kappa shape index (κ3) is 4.67. The molecule has 0 aliphatic heterocycles. The van der Waals surface area contributed by atoms with Gasteiger partial charge in [0.1, 0.15) is 11.3 Å². The number of rotatable bonds is 6. The first kappa shape index (κ1) is 23.1. The zero-order chi connectivity index (χ0) is 24.5. The van der Waals surface area contributed by atoms with E-state index in [1.54, 1.807) is 36.1 Å². The molecule has 3 aromatic heterocycles. The van der Waals surface area contributed by atoms with Crippen molar-refractivity contribution in [2.45, 2.75) is 25.8 Å². The molecule has 1 N–H and O–H groups in total. The van der Waals surface area contributed by atoms with E-state index in [2.05, 4.69) is 19.8 Å². The molecule has 1 amide bonds. The van der Waals surface area contributed by atoms with Gasteiger partial charge in [-0.05, 0) is 62.2 Å². The summed E-state index contributed by atoms with van der Waals surface area (Å²) in [6, 6.07) is 13.2. The maximum Gasteiger partial charge on any atom is 0.281 e. The van der Waals surface area contributed by atoms with Crippen LogP contribution in [0.1, 0.15) is 27.0 Å². The molecule has 4 aromatic rings. The van der Waals surface area contributed by atoms with E-state index in [0.29, 0.717) is 17.1 Å². The summed E-state index contributed by atoms with van der Waals surface area (Å²) in [5.74, 6) is -0.364. The SMILES string of the molecule is Cc1cc(C)c(Oc2nc(-c3ccnn3C)ccc2C(=O)NS(=O)(=O)c2ccccn2)c(C)c1. The number of carbonyl (C=O) groups excluding carboxylic acids is 1. The van der Waals surface area contributed by atoms with Gasteiger partial charge in [-0.1, -0.05) is 23.8 Å². The largest absolute Gasteiger partial charge is 0.438 e. The average Bonchev–Trinajstić information content (AvgIpc) is 3.22. The monoisotopic (exact) mass is 477 g/mol. The van der Waals surface area contributed by atoms with Gasteiger partial charge in [-0.3, -0.25) is 9.48 Å². The number of sulfonamides is 1. The van der Waals surface area contributed by atoms with Crippen molar-refractivity contribution in [3.8, 4) is 23.0 Å². The van der Waals surface area contributed by atoms with Gasteiger partial charge in [0.25, 0.3) is 15.9 Å². The Kier molecular flexibility index (Phi) is 6.16. The summed E-state index contributed by atoms with van der Waals surface area (Å²) in [5.41, 5.74) is 3.97. The molecule has 1 aromatic carbocycles. The van der Waals surface area contributed by atoms with E-state index in [1.807, 2.05) is 32.9 Å². The number of hydrogen-bond donors (Lipinski definition) is 1. The van der Waals surface area contributed by atoms with Crippen LogP contribution >= 0.6 is 0 Å². The molecular weight excluding hydrogens is 454 g/mol. The van der Waals surface area contributed by atoms with Gasteiger partial charge in [-0.25, -0.2) is 14.7 Å². The summed E-state index contributed by atoms with van der Waals surface area (Å²) in [4.78, 5) is 21.4. The Morgan fingerprint density at radius 2 is 1.74 bits per heavy atom. The van der Waals surface area contributed by atoms with E-state index in [-0.39, 0.29) is 16.5 Å². The minimum absolute atomic E-state index is 0.0255. The fraction of sp³-hybridized carbons (Fsp3) is 0.167. The van der Waals surface area contributed by atoms with Crippen molar-refractivity contribution in [2.75, 3.05) is 0 Å². The number of pyridine rings is 2. The minimum atomic E-state index is -4.19. The molecule has 0 bridgehead atoms. The van der Waals surface area contributed by atoms with Crippen LogP contribution in [0, 0.1) is 20.8 Å². The number of amides is 1. The first-order chi connectivity index (χ1) is 16.2. The highest BCUT2D eigenvalue weighted by Crippen LogP contribution is 2.32. The molecule has 0 spiro atoms. The molecule has 0 radical (unpaired) electrons. The van der Waals surface area contributed by atoms with E-state index >= 15 is 0 Å². The zero-order valence-electron chi connectivity index (χ0n) is 19.1. The van der Waals surface area contributed by atoms with Crippen molar-refractivity contribution in [2.24, 2.45) is 7.05 Å². The van der Waals surface area contributed by atoms with E-state index in [4.69, 9.17) is 4.74 Å². The fourth-order valence-electron chi connectivity index (χ4n) is 3.62. The highest BCUT2D eigenvalue weighted by Gasteiger charge is 2.24. The molecule has 34 heavy (non-hydrogen) atoms. The van der Waals surface area contributed by atoms with Gasteiger partial charge < -0.3 is 4.74 Å². The second-order valence-electron chi connectivity index (χ2n) is 7.82. The molecule has 0 aliphatic rings. The highest BCUT2D eigenvalue weighted by atomic mass is 32.2. The minimum Gasteiger partial charge on any atom is -0.438 e. The highest BCUT2D eigenvalue weighted by molar-refractivity contribution is 7.90. The van der Waals surface area contributed by atoms with Crippen molar-refractivity contribution in [3.63, 3.8) is 0 Å². The number of aryl methyl sites for hydroxylation is 4. The Bertz CT molecular complexity index is 1460. The van der Waals surface area contributed by atoms with Crippen LogP contribution in [0.2, 0.25) is 0 Å². The van der Waals surface area contributed by atoms with E-state index < -0.39 is 15.9 Å². The van der Waals surface area contributed by atoms with Crippen LogP contribution in [0.5, 0.6) is 11.6 Å². The van der Waals surface area contributed by atoms with Gasteiger partial charge in [0.15, 0.2) is 5.03 Å². The molecule has 0 saturated heterocycles. The number of nitrogens with one attached hydrogen (secondary N) is 1. The normalized spacial score (nSPS) is 11.3. The molecule has 174 valence electrons. The Hall–Kier alpha value is -4.05. The maximum absolute atomic E-state index is 13.1. The van der Waals surface area contributed by atoms with Crippen molar-refractivity contribution >= 4 is 15.9 Å². The summed E-state index contributed by atoms with van der Waals surface area (Å²) in [5, 5.41) is 3.89. The Morgan fingerprint density at radius 3 is 2.35 bits per heavy atom. The molecule has 0 fully saturated rings. The van der Waals surface area contributed by atoms with E-state index in [0.717, 1.165) is 16.7 Å². The second kappa shape index (κ2) is 9.06. The number of benzene rings is 1. The van der Waals surface area contributed by atoms with Crippen molar-refractivity contribution in [1.29, 1.82) is 0 Å². The predicted molar refractivity (Wildman–Crippen MR) is 126 cm³/mol. The van der Waals surface area contributed by atoms with Gasteiger partial charge in [-0.2, -0.15) is 13.5 Å². The second-order valence-corrected chi connectivity index (χ2v) is 9.45. The van der Waals surface area contributed by atoms with E-state index in [9.17, 15) is 13.2 Å². The topological polar surface area (TPSA) is 116 Å². The number of carbonyl (C=O) groups is 1. The number of nitrogens with zero attached hydrogens (tertiary/aromatic N) is 4. The van der Waals surface area contributed by atoms with Crippen molar-refractivity contribution < 1.29 is 17.9 Å². The Labute approximate surface area is 197 Å². The number of ether oxygens (including phenoxy) is 1. The molecule has 3 heterocycles. The number of hydrogen-bond acceptors (Lipinski definition) is 7. The van der Waals surface area contributed by atoms with Crippen molar-refractivity contribution in [3.05, 3.63) is 83.2 Å². The molecule has 9 nitrogen and oxygen atoms in total. The molecular formula is C24H23N5O4S. The summed E-state index contributed by atoms with van der Waals surface area (Å²) in [7, 11) is -2.42. The lowest BCUT2D eigenvalue weighted by molar-refractivity contribution is 0.0978. The fourth-order valence-corrected chi connectivity index (χ4v) is 4.53. The van der Waals surface area contributed by atoms with Gasteiger partial charge in [-0.15, -0.1) is 0 Å². The van der Waals surface area contributed by atoms with Gasteiger partial charge in [0, 0.05) is 19.4 Å². The molecule has 4 rings (SSSR count). The molecule has 0 unspecified atom stereocenters. The molecule has 0 atom stereocenters. The van der Waals surface area contributed by atoms with Crippen LogP contribution in [0.15, 0.2) is 66.0 Å². The summed E-state index contributed by atoms with van der Waals surface area (Å²) < 4.78 is 35.1. The van der Waals surface area contributed by atoms with Gasteiger partial charge >= 0.3 is 0 Å². The summed E-state index contributed by atoms with van der Waals surface area (Å²) in [6.45, 7) is 5.77. The first-order valence-corrected chi connectivity index (χ1v) is 11.9. The third-order valence-corrected chi connectivity index (χ3v) is 6.38. The third-order valence-electron chi connectivity index (χ3n) is 5.13. The lowest BCUT2D eigenvalue weighted by atomic mass is 10.1. The number of aromatic nitrogens is 4. The lowest BCUT2D eigenvalue weighted by Gasteiger charge is -2.16. The smallest absolute Gasteiger partial charge is 0.281 e. The first-order valence-electron chi connectivity index (χ1n) is 10.4. The van der Waals surface area contributed by atoms with Gasteiger partial charge in [0.2, 0.25) is 5.88 Å². The zero-order valence-corrected chi connectivity index (χ0v) is 19.9. The Balaban J connectivity index is 1.78. The van der Waals surface area contributed by atoms with Crippen LogP contribution in [0.25, 0.3) is 11.4 Å². The van der Waals surface area contributed by atoms with E-state index in [1.165, 1.54) is 24.4 Å². The van der Waals surface area contributed by atoms with Crippen LogP contribution in [0.4, 0.5) is 0 Å². The molecule has 0 saturated carbocycles. The Morgan fingerprint density at radius 1 is 1.00 bits per heavy atom. The summed E-state index contributed by atoms with van der Waals surface area (Å²) >= 11 is 0. The lowest BCUT2D eigenvalue weighted by Crippen LogP contribution is -2.31. The quantitative estimate of drug-likeness (QED) is 0.450. The maximum atomic E-state index is 13.1. The predicted octanol–water partition coefficient (Wildman–Crippen LogP) is 3.71. The standard InChI is InChI=1S/C24H23N5O4S/c1-15-13-16(2)22(17(3)14-15)33-24-18(8-9-19(27-24)20-10-12-26-29(20)4)23(30)28-34(31,32)21-7-5-6-11-25-21/h5-14H,1-4H3,(H,28,30). The average molecular weight is 478 g/mol. The van der Waals surface area contributed by atoms with Crippen LogP contribution in [-0.2, 0) is 17.1 Å². The van der Waals surface area contributed by atoms with Crippen molar-refractivity contribution in [1.82, 2.24) is 24.5 Å².